The van der Waals surface area contributed by atoms with Crippen LogP contribution < -0.4 is 15.7 Å². The topological polar surface area (TPSA) is 99.3 Å². The zero-order valence-corrected chi connectivity index (χ0v) is 18.2. The first-order valence-corrected chi connectivity index (χ1v) is 10.9. The monoisotopic (exact) mass is 441 g/mol. The molecule has 0 aromatic carbocycles. The van der Waals surface area contributed by atoms with Crippen LogP contribution in [0.4, 0.5) is 0 Å². The van der Waals surface area contributed by atoms with Gasteiger partial charge in [-0.3, -0.25) is 14.2 Å². The van der Waals surface area contributed by atoms with E-state index >= 15 is 0 Å². The molecule has 0 amide bonds. The number of nitrogens with one attached hydrogen (secondary N) is 1. The molecule has 4 rings (SSSR count). The van der Waals surface area contributed by atoms with Gasteiger partial charge in [-0.15, -0.1) is 11.3 Å². The number of furan rings is 1. The zero-order valence-electron chi connectivity index (χ0n) is 17.3. The molecule has 0 aliphatic carbocycles. The molecule has 4 aromatic heterocycles. The maximum Gasteiger partial charge on any atom is 0.263 e. The molecule has 0 atom stereocenters. The number of hydrogen-bond donors (Lipinski definition) is 1. The number of thiophene rings is 1. The molecular formula is C22H23N3O5S. The lowest BCUT2D eigenvalue weighted by Crippen LogP contribution is -2.27. The number of aromatic nitrogens is 3. The maximum atomic E-state index is 13.5. The van der Waals surface area contributed by atoms with Gasteiger partial charge in [0.25, 0.3) is 5.56 Å². The van der Waals surface area contributed by atoms with Gasteiger partial charge in [0.2, 0.25) is 5.43 Å². The number of ether oxygens (including phenoxy) is 2. The summed E-state index contributed by atoms with van der Waals surface area (Å²) in [5.41, 5.74) is 0.891. The second-order valence-corrected chi connectivity index (χ2v) is 7.86. The van der Waals surface area contributed by atoms with E-state index in [2.05, 4.69) is 4.98 Å². The first-order valence-electron chi connectivity index (χ1n) is 10.0. The molecule has 0 unspecified atom stereocenters. The molecule has 9 heteroatoms. The van der Waals surface area contributed by atoms with Gasteiger partial charge >= 0.3 is 0 Å². The predicted molar refractivity (Wildman–Crippen MR) is 119 cm³/mol. The molecule has 8 nitrogen and oxygen atoms in total. The lowest BCUT2D eigenvalue weighted by Gasteiger charge is -2.13. The minimum absolute atomic E-state index is 0.178. The lowest BCUT2D eigenvalue weighted by atomic mass is 10.2. The average Bonchev–Trinajstić information content (AvgIpc) is 3.43. The Morgan fingerprint density at radius 3 is 2.87 bits per heavy atom. The van der Waals surface area contributed by atoms with E-state index in [1.807, 2.05) is 18.4 Å². The number of hydrogen-bond acceptors (Lipinski definition) is 7. The summed E-state index contributed by atoms with van der Waals surface area (Å²) in [5, 5.41) is 2.38. The highest BCUT2D eigenvalue weighted by Gasteiger charge is 2.19. The normalized spacial score (nSPS) is 11.3. The van der Waals surface area contributed by atoms with E-state index in [0.717, 1.165) is 6.42 Å². The van der Waals surface area contributed by atoms with Gasteiger partial charge in [-0.25, -0.2) is 4.98 Å². The van der Waals surface area contributed by atoms with Crippen LogP contribution in [0.1, 0.15) is 24.9 Å². The summed E-state index contributed by atoms with van der Waals surface area (Å²) in [6.45, 7) is 3.05. The fraction of sp³-hybridized carbons (Fsp3) is 0.318. The highest BCUT2D eigenvalue weighted by Crippen LogP contribution is 2.31. The predicted octanol–water partition coefficient (Wildman–Crippen LogP) is 3.43. The van der Waals surface area contributed by atoms with E-state index in [1.54, 1.807) is 24.0 Å². The minimum atomic E-state index is -0.227. The largest absolute Gasteiger partial charge is 0.488 e. The SMILES string of the molecule is CCCOc1c[nH]c(Cn2c(CCOC)nc3scc(-c4ccco4)c3c2=O)cc1=O. The summed E-state index contributed by atoms with van der Waals surface area (Å²) < 4.78 is 17.7. The molecular weight excluding hydrogens is 418 g/mol. The third-order valence-electron chi connectivity index (χ3n) is 4.82. The molecule has 0 spiro atoms. The van der Waals surface area contributed by atoms with E-state index in [9.17, 15) is 9.59 Å². The Bertz CT molecular complexity index is 1290. The average molecular weight is 442 g/mol. The van der Waals surface area contributed by atoms with Crippen LogP contribution in [0.3, 0.4) is 0 Å². The number of pyridine rings is 1. The summed E-state index contributed by atoms with van der Waals surface area (Å²) in [6.07, 6.45) is 4.39. The van der Waals surface area contributed by atoms with Crippen LogP contribution >= 0.6 is 11.3 Å². The van der Waals surface area contributed by atoms with Crippen molar-refractivity contribution in [2.75, 3.05) is 20.3 Å². The number of H-pyrrole nitrogens is 1. The molecule has 0 saturated heterocycles. The summed E-state index contributed by atoms with van der Waals surface area (Å²) in [6, 6.07) is 5.06. The van der Waals surface area contributed by atoms with Crippen LogP contribution in [0.15, 0.2) is 50.0 Å². The van der Waals surface area contributed by atoms with Crippen molar-refractivity contribution < 1.29 is 13.9 Å². The molecule has 0 bridgehead atoms. The summed E-state index contributed by atoms with van der Waals surface area (Å²) >= 11 is 1.40. The minimum Gasteiger partial charge on any atom is -0.488 e. The van der Waals surface area contributed by atoms with Crippen molar-refractivity contribution in [2.45, 2.75) is 26.3 Å². The first-order chi connectivity index (χ1) is 15.1. The molecule has 0 saturated carbocycles. The Balaban J connectivity index is 1.78. The second kappa shape index (κ2) is 9.32. The smallest absolute Gasteiger partial charge is 0.263 e. The molecule has 1 N–H and O–H groups in total. The molecule has 4 aromatic rings. The number of rotatable bonds is 9. The number of fused-ring (bicyclic) bond motifs is 1. The molecule has 0 fully saturated rings. The van der Waals surface area contributed by atoms with E-state index in [4.69, 9.17) is 18.9 Å². The van der Waals surface area contributed by atoms with Crippen LogP contribution in [0.25, 0.3) is 21.5 Å². The molecule has 0 aliphatic rings. The molecule has 4 heterocycles. The highest BCUT2D eigenvalue weighted by atomic mass is 32.1. The van der Waals surface area contributed by atoms with Gasteiger partial charge in [0.1, 0.15) is 16.4 Å². The summed E-state index contributed by atoms with van der Waals surface area (Å²) in [4.78, 5) is 34.3. The van der Waals surface area contributed by atoms with Crippen LogP contribution in [-0.2, 0) is 17.7 Å². The van der Waals surface area contributed by atoms with Gasteiger partial charge in [-0.1, -0.05) is 6.92 Å². The van der Waals surface area contributed by atoms with Gasteiger partial charge < -0.3 is 18.9 Å². The van der Waals surface area contributed by atoms with E-state index in [0.29, 0.717) is 52.7 Å². The maximum absolute atomic E-state index is 13.5. The Labute approximate surface area is 182 Å². The van der Waals surface area contributed by atoms with Gasteiger partial charge in [0.15, 0.2) is 5.75 Å². The molecule has 162 valence electrons. The Hall–Kier alpha value is -3.17. The van der Waals surface area contributed by atoms with E-state index in [-0.39, 0.29) is 23.3 Å². The van der Waals surface area contributed by atoms with Gasteiger partial charge in [-0.05, 0) is 18.6 Å². The quantitative estimate of drug-likeness (QED) is 0.427. The number of methoxy groups -OCH3 is 1. The van der Waals surface area contributed by atoms with Crippen molar-refractivity contribution in [3.63, 3.8) is 0 Å². The number of nitrogens with zero attached hydrogens (tertiary/aromatic N) is 2. The highest BCUT2D eigenvalue weighted by molar-refractivity contribution is 7.17. The van der Waals surface area contributed by atoms with Gasteiger partial charge in [0, 0.05) is 42.4 Å². The van der Waals surface area contributed by atoms with Gasteiger partial charge in [0.05, 0.1) is 31.4 Å². The van der Waals surface area contributed by atoms with Crippen LogP contribution in [0.5, 0.6) is 5.75 Å². The van der Waals surface area contributed by atoms with Crippen molar-refractivity contribution in [1.29, 1.82) is 0 Å². The Morgan fingerprint density at radius 2 is 2.16 bits per heavy atom. The van der Waals surface area contributed by atoms with Gasteiger partial charge in [-0.2, -0.15) is 0 Å². The summed E-state index contributed by atoms with van der Waals surface area (Å²) in [5.74, 6) is 1.48. The summed E-state index contributed by atoms with van der Waals surface area (Å²) in [7, 11) is 1.60. The van der Waals surface area contributed by atoms with Crippen molar-refractivity contribution in [3.8, 4) is 17.1 Å². The van der Waals surface area contributed by atoms with Crippen LogP contribution in [-0.4, -0.2) is 34.9 Å². The van der Waals surface area contributed by atoms with Crippen molar-refractivity contribution in [3.05, 3.63) is 68.1 Å². The first kappa shape index (κ1) is 21.1. The van der Waals surface area contributed by atoms with Crippen LogP contribution in [0, 0.1) is 0 Å². The molecule has 31 heavy (non-hydrogen) atoms. The second-order valence-electron chi connectivity index (χ2n) is 7.00. The fourth-order valence-corrected chi connectivity index (χ4v) is 4.25. The third kappa shape index (κ3) is 4.33. The van der Waals surface area contributed by atoms with Crippen molar-refractivity contribution in [2.24, 2.45) is 0 Å². The van der Waals surface area contributed by atoms with Crippen molar-refractivity contribution >= 4 is 21.6 Å². The standard InChI is InChI=1S/C22H23N3O5S/c1-3-7-29-18-11-23-14(10-16(18)26)12-25-19(6-9-28-2)24-21-20(22(25)27)15(13-31-21)17-5-4-8-30-17/h4-5,8,10-11,13H,3,6-7,9,12H2,1-2H3,(H,23,26). The number of aromatic amines is 1. The molecule has 0 aliphatic heterocycles. The van der Waals surface area contributed by atoms with Crippen LogP contribution in [0.2, 0.25) is 0 Å². The lowest BCUT2D eigenvalue weighted by molar-refractivity contribution is 0.199. The van der Waals surface area contributed by atoms with E-state index in [1.165, 1.54) is 23.6 Å². The van der Waals surface area contributed by atoms with Crippen molar-refractivity contribution in [1.82, 2.24) is 14.5 Å². The zero-order chi connectivity index (χ0) is 21.8. The fourth-order valence-electron chi connectivity index (χ4n) is 3.31. The Morgan fingerprint density at radius 1 is 1.29 bits per heavy atom. The third-order valence-corrected chi connectivity index (χ3v) is 5.69. The Kier molecular flexibility index (Phi) is 6.34. The van der Waals surface area contributed by atoms with E-state index < -0.39 is 0 Å². The molecule has 0 radical (unpaired) electrons.